The molecule has 4 rings (SSSR count). The van der Waals surface area contributed by atoms with E-state index in [9.17, 15) is 5.11 Å². The third-order valence-electron chi connectivity index (χ3n) is 6.18. The number of piperidine rings is 1. The largest absolute Gasteiger partial charge is 0.497 e. The van der Waals surface area contributed by atoms with Gasteiger partial charge in [-0.05, 0) is 49.4 Å². The quantitative estimate of drug-likeness (QED) is 0.779. The third kappa shape index (κ3) is 3.61. The van der Waals surface area contributed by atoms with Crippen LogP contribution in [0.3, 0.4) is 0 Å². The summed E-state index contributed by atoms with van der Waals surface area (Å²) in [6.07, 6.45) is 9.10. The minimum atomic E-state index is -0.770. The Kier molecular flexibility index (Phi) is 5.30. The molecule has 0 saturated carbocycles. The first kappa shape index (κ1) is 18.9. The molecule has 0 amide bonds. The van der Waals surface area contributed by atoms with E-state index in [0.717, 1.165) is 54.9 Å². The number of hydrogen-bond donors (Lipinski definition) is 1. The number of nitrogens with zero attached hydrogens (tertiary/aromatic N) is 1. The molecule has 1 unspecified atom stereocenters. The van der Waals surface area contributed by atoms with Gasteiger partial charge in [0.1, 0.15) is 18.1 Å². The molecular weight excluding hydrogens is 350 g/mol. The van der Waals surface area contributed by atoms with Crippen molar-refractivity contribution in [3.63, 3.8) is 0 Å². The summed E-state index contributed by atoms with van der Waals surface area (Å²) in [6, 6.07) is 16.7. The Balaban J connectivity index is 1.51. The van der Waals surface area contributed by atoms with Gasteiger partial charge in [0.25, 0.3) is 0 Å². The number of aliphatic hydroxyl groups is 1. The lowest BCUT2D eigenvalue weighted by Gasteiger charge is -2.44. The monoisotopic (exact) mass is 377 g/mol. The maximum atomic E-state index is 11.4. The van der Waals surface area contributed by atoms with E-state index in [-0.39, 0.29) is 6.61 Å². The predicted octanol–water partition coefficient (Wildman–Crippen LogP) is 3.72. The van der Waals surface area contributed by atoms with Crippen molar-refractivity contribution < 1.29 is 14.6 Å². The molecule has 1 N–H and O–H groups in total. The molecule has 3 atom stereocenters. The van der Waals surface area contributed by atoms with Gasteiger partial charge in [0.15, 0.2) is 0 Å². The Morgan fingerprint density at radius 2 is 1.79 bits per heavy atom. The average molecular weight is 377 g/mol. The average Bonchev–Trinajstić information content (AvgIpc) is 2.97. The molecule has 2 aromatic carbocycles. The second-order valence-electron chi connectivity index (χ2n) is 7.83. The lowest BCUT2D eigenvalue weighted by atomic mass is 9.80. The fourth-order valence-electron chi connectivity index (χ4n) is 4.80. The van der Waals surface area contributed by atoms with Gasteiger partial charge in [0, 0.05) is 24.2 Å². The van der Waals surface area contributed by atoms with Crippen molar-refractivity contribution in [3.05, 3.63) is 59.7 Å². The van der Waals surface area contributed by atoms with Crippen molar-refractivity contribution >= 4 is 0 Å². The van der Waals surface area contributed by atoms with Crippen LogP contribution in [0.4, 0.5) is 0 Å². The highest BCUT2D eigenvalue weighted by molar-refractivity contribution is 5.35. The standard InChI is InChI=1S/C24H27NO3/c1-3-14-28-23-7-5-4-6-18(23)17-25-20-10-11-21(25)16-24(26,15-20)19-8-12-22(27-2)13-9-19/h1,4-9,12-13,20-21,26H,10-11,14-17H2,2H3/t20-,21+,24?. The van der Waals surface area contributed by atoms with E-state index < -0.39 is 5.60 Å². The SMILES string of the molecule is C#CCOc1ccccc1CN1[C@@H]2CC[C@H]1CC(O)(c1ccc(OC)cc1)C2. The molecule has 2 heterocycles. The lowest BCUT2D eigenvalue weighted by molar-refractivity contribution is -0.0596. The summed E-state index contributed by atoms with van der Waals surface area (Å²) in [5.74, 6) is 4.21. The lowest BCUT2D eigenvalue weighted by Crippen LogP contribution is -2.49. The predicted molar refractivity (Wildman–Crippen MR) is 109 cm³/mol. The van der Waals surface area contributed by atoms with Gasteiger partial charge in [-0.2, -0.15) is 0 Å². The van der Waals surface area contributed by atoms with Crippen molar-refractivity contribution in [1.29, 1.82) is 0 Å². The maximum absolute atomic E-state index is 11.4. The second kappa shape index (κ2) is 7.87. The highest BCUT2D eigenvalue weighted by Gasteiger charge is 2.48. The van der Waals surface area contributed by atoms with Crippen LogP contribution >= 0.6 is 0 Å². The zero-order valence-corrected chi connectivity index (χ0v) is 16.3. The van der Waals surface area contributed by atoms with Crippen molar-refractivity contribution in [1.82, 2.24) is 4.90 Å². The number of terminal acetylenes is 1. The molecule has 4 heteroatoms. The summed E-state index contributed by atoms with van der Waals surface area (Å²) < 4.78 is 11.0. The van der Waals surface area contributed by atoms with Gasteiger partial charge >= 0.3 is 0 Å². The van der Waals surface area contributed by atoms with Crippen LogP contribution in [0.1, 0.15) is 36.8 Å². The zero-order valence-electron chi connectivity index (χ0n) is 16.3. The molecule has 0 spiro atoms. The van der Waals surface area contributed by atoms with Gasteiger partial charge in [-0.15, -0.1) is 6.42 Å². The summed E-state index contributed by atoms with van der Waals surface area (Å²) in [5, 5.41) is 11.4. The molecule has 2 aliphatic rings. The number of para-hydroxylation sites is 1. The number of methoxy groups -OCH3 is 1. The number of ether oxygens (including phenoxy) is 2. The van der Waals surface area contributed by atoms with Crippen molar-refractivity contribution in [2.75, 3.05) is 13.7 Å². The Bertz CT molecular complexity index is 841. The summed E-state index contributed by atoms with van der Waals surface area (Å²) in [5.41, 5.74) is 1.38. The normalized spacial score (nSPS) is 26.6. The molecule has 28 heavy (non-hydrogen) atoms. The molecule has 0 aliphatic carbocycles. The summed E-state index contributed by atoms with van der Waals surface area (Å²) in [4.78, 5) is 2.54. The van der Waals surface area contributed by atoms with Gasteiger partial charge in [0.05, 0.1) is 12.7 Å². The summed E-state index contributed by atoms with van der Waals surface area (Å²) in [7, 11) is 1.66. The van der Waals surface area contributed by atoms with Gasteiger partial charge in [-0.1, -0.05) is 36.3 Å². The van der Waals surface area contributed by atoms with Crippen LogP contribution in [0.5, 0.6) is 11.5 Å². The van der Waals surface area contributed by atoms with Gasteiger partial charge in [-0.25, -0.2) is 0 Å². The molecule has 4 nitrogen and oxygen atoms in total. The highest BCUT2D eigenvalue weighted by Crippen LogP contribution is 2.46. The van der Waals surface area contributed by atoms with E-state index in [1.807, 2.05) is 42.5 Å². The Morgan fingerprint density at radius 3 is 2.43 bits per heavy atom. The van der Waals surface area contributed by atoms with E-state index in [1.54, 1.807) is 7.11 Å². The first-order valence-corrected chi connectivity index (χ1v) is 9.90. The van der Waals surface area contributed by atoms with E-state index in [1.165, 1.54) is 0 Å². The number of rotatable bonds is 6. The first-order chi connectivity index (χ1) is 13.6. The topological polar surface area (TPSA) is 41.9 Å². The van der Waals surface area contributed by atoms with Crippen LogP contribution < -0.4 is 9.47 Å². The molecule has 2 bridgehead atoms. The van der Waals surface area contributed by atoms with Crippen LogP contribution in [0.15, 0.2) is 48.5 Å². The summed E-state index contributed by atoms with van der Waals surface area (Å²) in [6.45, 7) is 1.11. The highest BCUT2D eigenvalue weighted by atomic mass is 16.5. The molecule has 2 saturated heterocycles. The number of fused-ring (bicyclic) bond motifs is 2. The third-order valence-corrected chi connectivity index (χ3v) is 6.18. The minimum Gasteiger partial charge on any atom is -0.497 e. The summed E-state index contributed by atoms with van der Waals surface area (Å²) >= 11 is 0. The van der Waals surface area contributed by atoms with Gasteiger partial charge in [0.2, 0.25) is 0 Å². The number of benzene rings is 2. The van der Waals surface area contributed by atoms with E-state index in [0.29, 0.717) is 12.1 Å². The van der Waals surface area contributed by atoms with Crippen LogP contribution in [0, 0.1) is 12.3 Å². The van der Waals surface area contributed by atoms with Gasteiger partial charge < -0.3 is 14.6 Å². The molecular formula is C24H27NO3. The molecule has 2 fully saturated rings. The van der Waals surface area contributed by atoms with Crippen LogP contribution in [0.25, 0.3) is 0 Å². The van der Waals surface area contributed by atoms with Crippen LogP contribution in [-0.4, -0.2) is 35.8 Å². The van der Waals surface area contributed by atoms with Crippen molar-refractivity contribution in [3.8, 4) is 23.8 Å². The van der Waals surface area contributed by atoms with E-state index >= 15 is 0 Å². The fraction of sp³-hybridized carbons (Fsp3) is 0.417. The second-order valence-corrected chi connectivity index (χ2v) is 7.83. The Morgan fingerprint density at radius 1 is 1.11 bits per heavy atom. The van der Waals surface area contributed by atoms with Crippen LogP contribution in [-0.2, 0) is 12.1 Å². The molecule has 2 aromatic rings. The molecule has 0 aromatic heterocycles. The zero-order chi connectivity index (χ0) is 19.6. The molecule has 0 radical (unpaired) electrons. The Hall–Kier alpha value is -2.48. The van der Waals surface area contributed by atoms with E-state index in [4.69, 9.17) is 15.9 Å². The van der Waals surface area contributed by atoms with Crippen LogP contribution in [0.2, 0.25) is 0 Å². The number of hydrogen-bond acceptors (Lipinski definition) is 4. The van der Waals surface area contributed by atoms with E-state index in [2.05, 4.69) is 16.9 Å². The molecule has 146 valence electrons. The smallest absolute Gasteiger partial charge is 0.148 e. The van der Waals surface area contributed by atoms with Crippen molar-refractivity contribution in [2.24, 2.45) is 0 Å². The minimum absolute atomic E-state index is 0.279. The van der Waals surface area contributed by atoms with Gasteiger partial charge in [-0.3, -0.25) is 4.90 Å². The van der Waals surface area contributed by atoms with Crippen molar-refractivity contribution in [2.45, 2.75) is 49.9 Å². The molecule has 2 aliphatic heterocycles. The first-order valence-electron chi connectivity index (χ1n) is 9.90. The Labute approximate surface area is 167 Å². The maximum Gasteiger partial charge on any atom is 0.148 e. The fourth-order valence-corrected chi connectivity index (χ4v) is 4.80.